The van der Waals surface area contributed by atoms with Gasteiger partial charge >= 0.3 is 0 Å². The molecule has 6 heteroatoms. The van der Waals surface area contributed by atoms with E-state index in [0.29, 0.717) is 0 Å². The van der Waals surface area contributed by atoms with Crippen LogP contribution in [0.1, 0.15) is 12.8 Å². The number of rotatable bonds is 2. The number of carbonyl (C=O) groups is 2. The average Bonchev–Trinajstić information content (AvgIpc) is 1.99. The molecule has 6 nitrogen and oxygen atoms in total. The molecule has 0 aromatic rings. The van der Waals surface area contributed by atoms with Gasteiger partial charge in [-0.05, 0) is 5.53 Å². The van der Waals surface area contributed by atoms with Crippen LogP contribution in [0.3, 0.4) is 0 Å². The van der Waals surface area contributed by atoms with Crippen molar-refractivity contribution in [1.82, 2.24) is 5.32 Å². The molecule has 1 fully saturated rings. The molecule has 1 heterocycles. The minimum atomic E-state index is -0.311. The summed E-state index contributed by atoms with van der Waals surface area (Å²) in [5.41, 5.74) is 7.99. The number of ketones is 1. The molecule has 0 saturated carbocycles. The number of amides is 1. The monoisotopic (exact) mass is 168 g/mol. The SMILES string of the molecule is [N-]=[N+]=NCC1CC(=O)CC(=O)N1. The summed E-state index contributed by atoms with van der Waals surface area (Å²) in [7, 11) is 0. The fourth-order valence-corrected chi connectivity index (χ4v) is 1.10. The second-order valence-corrected chi connectivity index (χ2v) is 2.60. The van der Waals surface area contributed by atoms with Crippen molar-refractivity contribution in [2.24, 2.45) is 5.11 Å². The summed E-state index contributed by atoms with van der Waals surface area (Å²) in [6, 6.07) is -0.311. The van der Waals surface area contributed by atoms with Crippen molar-refractivity contribution in [2.75, 3.05) is 6.54 Å². The Hall–Kier alpha value is -1.55. The number of hydrogen-bond acceptors (Lipinski definition) is 3. The number of nitrogens with one attached hydrogen (secondary N) is 1. The topological polar surface area (TPSA) is 94.9 Å². The van der Waals surface area contributed by atoms with E-state index in [4.69, 9.17) is 5.53 Å². The van der Waals surface area contributed by atoms with Crippen LogP contribution < -0.4 is 5.32 Å². The van der Waals surface area contributed by atoms with Gasteiger partial charge in [0, 0.05) is 23.9 Å². The molecule has 0 spiro atoms. The predicted octanol–water partition coefficient (Wildman–Crippen LogP) is 0.144. The van der Waals surface area contributed by atoms with Crippen LogP contribution in [0.15, 0.2) is 5.11 Å². The van der Waals surface area contributed by atoms with E-state index in [1.807, 2.05) is 0 Å². The normalized spacial score (nSPS) is 22.8. The smallest absolute Gasteiger partial charge is 0.227 e. The lowest BCUT2D eigenvalue weighted by molar-refractivity contribution is -0.131. The van der Waals surface area contributed by atoms with Crippen molar-refractivity contribution in [3.05, 3.63) is 10.4 Å². The van der Waals surface area contributed by atoms with Gasteiger partial charge in [-0.3, -0.25) is 9.59 Å². The third kappa shape index (κ3) is 2.25. The first kappa shape index (κ1) is 8.55. The summed E-state index contributed by atoms with van der Waals surface area (Å²) in [5.74, 6) is -0.388. The van der Waals surface area contributed by atoms with Crippen LogP contribution in [0.4, 0.5) is 0 Å². The van der Waals surface area contributed by atoms with E-state index in [9.17, 15) is 9.59 Å². The summed E-state index contributed by atoms with van der Waals surface area (Å²) in [6.07, 6.45) is 0.220. The van der Waals surface area contributed by atoms with Gasteiger partial charge in [-0.2, -0.15) is 0 Å². The molecule has 0 bridgehead atoms. The predicted molar refractivity (Wildman–Crippen MR) is 40.2 cm³/mol. The van der Waals surface area contributed by atoms with Crippen LogP contribution in [0.5, 0.6) is 0 Å². The number of piperidine rings is 1. The molecule has 0 aromatic carbocycles. The summed E-state index contributed by atoms with van der Waals surface area (Å²) in [5, 5.41) is 5.83. The third-order valence-electron chi connectivity index (χ3n) is 1.56. The van der Waals surface area contributed by atoms with Gasteiger partial charge in [-0.1, -0.05) is 5.11 Å². The first-order chi connectivity index (χ1) is 5.72. The van der Waals surface area contributed by atoms with Gasteiger partial charge in [-0.25, -0.2) is 0 Å². The Morgan fingerprint density at radius 1 is 1.67 bits per heavy atom. The third-order valence-corrected chi connectivity index (χ3v) is 1.56. The molecular weight excluding hydrogens is 160 g/mol. The van der Waals surface area contributed by atoms with Crippen molar-refractivity contribution in [2.45, 2.75) is 18.9 Å². The first-order valence-corrected chi connectivity index (χ1v) is 3.54. The van der Waals surface area contributed by atoms with E-state index in [2.05, 4.69) is 15.3 Å². The fourth-order valence-electron chi connectivity index (χ4n) is 1.10. The maximum absolute atomic E-state index is 10.9. The van der Waals surface area contributed by atoms with Gasteiger partial charge in [0.2, 0.25) is 5.91 Å². The van der Waals surface area contributed by atoms with E-state index in [-0.39, 0.29) is 37.1 Å². The maximum atomic E-state index is 10.9. The van der Waals surface area contributed by atoms with Gasteiger partial charge in [0.25, 0.3) is 0 Å². The van der Waals surface area contributed by atoms with E-state index < -0.39 is 0 Å². The molecule has 64 valence electrons. The molecule has 1 aliphatic heterocycles. The van der Waals surface area contributed by atoms with Crippen molar-refractivity contribution < 1.29 is 9.59 Å². The zero-order chi connectivity index (χ0) is 8.97. The minimum absolute atomic E-state index is 0.0488. The lowest BCUT2D eigenvalue weighted by Crippen LogP contribution is -2.44. The molecule has 0 radical (unpaired) electrons. The molecule has 12 heavy (non-hydrogen) atoms. The van der Waals surface area contributed by atoms with Crippen molar-refractivity contribution in [3.8, 4) is 0 Å². The lowest BCUT2D eigenvalue weighted by atomic mass is 10.0. The van der Waals surface area contributed by atoms with Crippen molar-refractivity contribution in [3.63, 3.8) is 0 Å². The minimum Gasteiger partial charge on any atom is -0.352 e. The van der Waals surface area contributed by atoms with Gasteiger partial charge in [-0.15, -0.1) is 0 Å². The molecule has 1 rings (SSSR count). The van der Waals surface area contributed by atoms with Crippen LogP contribution in [-0.4, -0.2) is 24.3 Å². The quantitative estimate of drug-likeness (QED) is 0.275. The number of nitrogens with zero attached hydrogens (tertiary/aromatic N) is 3. The number of Topliss-reactive ketones (excluding diaryl/α,β-unsaturated/α-hetero) is 1. The summed E-state index contributed by atoms with van der Waals surface area (Å²) >= 11 is 0. The molecular formula is C6H8N4O2. The Labute approximate surface area is 68.6 Å². The molecule has 1 amide bonds. The second kappa shape index (κ2) is 3.73. The summed E-state index contributed by atoms with van der Waals surface area (Å²) in [4.78, 5) is 24.2. The number of hydrogen-bond donors (Lipinski definition) is 1. The summed E-state index contributed by atoms with van der Waals surface area (Å²) < 4.78 is 0. The molecule has 1 N–H and O–H groups in total. The molecule has 0 aliphatic carbocycles. The second-order valence-electron chi connectivity index (χ2n) is 2.60. The van der Waals surface area contributed by atoms with Crippen LogP contribution in [0, 0.1) is 0 Å². The molecule has 0 aromatic heterocycles. The molecule has 1 aliphatic rings. The zero-order valence-electron chi connectivity index (χ0n) is 6.36. The average molecular weight is 168 g/mol. The number of carbonyl (C=O) groups excluding carboxylic acids is 2. The van der Waals surface area contributed by atoms with Gasteiger partial charge in [0.1, 0.15) is 5.78 Å². The highest BCUT2D eigenvalue weighted by Crippen LogP contribution is 2.04. The zero-order valence-corrected chi connectivity index (χ0v) is 6.36. The molecule has 1 saturated heterocycles. The Balaban J connectivity index is 2.49. The molecule has 1 unspecified atom stereocenters. The summed E-state index contributed by atoms with van der Waals surface area (Å²) in [6.45, 7) is 0.147. The van der Waals surface area contributed by atoms with E-state index in [1.54, 1.807) is 0 Å². The van der Waals surface area contributed by atoms with Crippen molar-refractivity contribution >= 4 is 11.7 Å². The van der Waals surface area contributed by atoms with Crippen LogP contribution in [-0.2, 0) is 9.59 Å². The van der Waals surface area contributed by atoms with Crippen LogP contribution in [0.2, 0.25) is 0 Å². The Kier molecular flexibility index (Phi) is 2.66. The fraction of sp³-hybridized carbons (Fsp3) is 0.667. The highest BCUT2D eigenvalue weighted by molar-refractivity contribution is 6.00. The van der Waals surface area contributed by atoms with E-state index >= 15 is 0 Å². The highest BCUT2D eigenvalue weighted by Gasteiger charge is 2.23. The van der Waals surface area contributed by atoms with Crippen LogP contribution >= 0.6 is 0 Å². The van der Waals surface area contributed by atoms with E-state index in [1.165, 1.54) is 0 Å². The van der Waals surface area contributed by atoms with Crippen molar-refractivity contribution in [1.29, 1.82) is 0 Å². The Morgan fingerprint density at radius 2 is 2.42 bits per heavy atom. The first-order valence-electron chi connectivity index (χ1n) is 3.54. The lowest BCUT2D eigenvalue weighted by Gasteiger charge is -2.20. The highest BCUT2D eigenvalue weighted by atomic mass is 16.2. The molecule has 1 atom stereocenters. The largest absolute Gasteiger partial charge is 0.352 e. The standard InChI is InChI=1S/C6H8N4O2/c7-10-8-3-4-1-5(11)2-6(12)9-4/h4H,1-3H2,(H,9,12). The van der Waals surface area contributed by atoms with Crippen LogP contribution in [0.25, 0.3) is 10.4 Å². The van der Waals surface area contributed by atoms with Gasteiger partial charge in [0.15, 0.2) is 0 Å². The number of azide groups is 1. The van der Waals surface area contributed by atoms with Gasteiger partial charge < -0.3 is 5.32 Å². The van der Waals surface area contributed by atoms with Gasteiger partial charge in [0.05, 0.1) is 6.42 Å². The van der Waals surface area contributed by atoms with E-state index in [0.717, 1.165) is 0 Å². The Bertz CT molecular complexity index is 238. The maximum Gasteiger partial charge on any atom is 0.227 e. The Morgan fingerprint density at radius 3 is 3.00 bits per heavy atom.